The number of amides is 1. The Kier molecular flexibility index (Phi) is 3.77. The number of methoxy groups -OCH3 is 1. The highest BCUT2D eigenvalue weighted by Gasteiger charge is 2.14. The fourth-order valence-electron chi connectivity index (χ4n) is 2.23. The highest BCUT2D eigenvalue weighted by Crippen LogP contribution is 2.23. The zero-order chi connectivity index (χ0) is 15.7. The van der Waals surface area contributed by atoms with Crippen LogP contribution in [0.25, 0.3) is 10.9 Å². The molecule has 3 rings (SSSR count). The van der Waals surface area contributed by atoms with E-state index in [0.717, 1.165) is 27.4 Å². The number of anilines is 1. The first-order valence-electron chi connectivity index (χ1n) is 6.76. The molecule has 1 N–H and O–H groups in total. The van der Waals surface area contributed by atoms with Gasteiger partial charge in [-0.1, -0.05) is 0 Å². The van der Waals surface area contributed by atoms with Crippen LogP contribution in [0.15, 0.2) is 30.5 Å². The van der Waals surface area contributed by atoms with Gasteiger partial charge in [-0.15, -0.1) is 11.3 Å². The van der Waals surface area contributed by atoms with Gasteiger partial charge in [-0.2, -0.15) is 0 Å². The summed E-state index contributed by atoms with van der Waals surface area (Å²) in [4.78, 5) is 21.6. The maximum atomic E-state index is 12.3. The molecule has 0 aliphatic rings. The van der Waals surface area contributed by atoms with E-state index >= 15 is 0 Å². The monoisotopic (exact) mass is 313 g/mol. The van der Waals surface area contributed by atoms with E-state index in [0.29, 0.717) is 10.6 Å². The third kappa shape index (κ3) is 2.78. The van der Waals surface area contributed by atoms with Gasteiger partial charge in [0.05, 0.1) is 35.2 Å². The van der Waals surface area contributed by atoms with Gasteiger partial charge < -0.3 is 10.1 Å². The number of rotatable bonds is 3. The van der Waals surface area contributed by atoms with Crippen LogP contribution in [0.4, 0.5) is 5.69 Å². The van der Waals surface area contributed by atoms with Crippen LogP contribution >= 0.6 is 11.3 Å². The maximum absolute atomic E-state index is 12.3. The summed E-state index contributed by atoms with van der Waals surface area (Å²) < 4.78 is 5.18. The molecule has 0 unspecified atom stereocenters. The fourth-order valence-corrected chi connectivity index (χ4v) is 3.04. The molecule has 112 valence electrons. The normalized spacial score (nSPS) is 10.7. The van der Waals surface area contributed by atoms with Crippen LogP contribution < -0.4 is 10.1 Å². The number of nitrogens with one attached hydrogen (secondary N) is 1. The van der Waals surface area contributed by atoms with Crippen LogP contribution in [0.2, 0.25) is 0 Å². The highest BCUT2D eigenvalue weighted by molar-refractivity contribution is 7.13. The third-order valence-electron chi connectivity index (χ3n) is 3.26. The Morgan fingerprint density at radius 2 is 2.09 bits per heavy atom. The van der Waals surface area contributed by atoms with Crippen LogP contribution in [0.3, 0.4) is 0 Å². The fraction of sp³-hybridized carbons (Fsp3) is 0.188. The van der Waals surface area contributed by atoms with Gasteiger partial charge in [-0.3, -0.25) is 9.78 Å². The minimum atomic E-state index is -0.155. The van der Waals surface area contributed by atoms with Crippen molar-refractivity contribution in [1.29, 1.82) is 0 Å². The van der Waals surface area contributed by atoms with Crippen molar-refractivity contribution in [2.24, 2.45) is 0 Å². The van der Waals surface area contributed by atoms with E-state index in [1.807, 2.05) is 38.1 Å². The number of carbonyl (C=O) groups excluding carboxylic acids is 1. The molecule has 2 heterocycles. The first kappa shape index (κ1) is 14.5. The molecule has 0 aliphatic carbocycles. The number of ether oxygens (including phenoxy) is 1. The summed E-state index contributed by atoms with van der Waals surface area (Å²) in [6.45, 7) is 3.72. The quantitative estimate of drug-likeness (QED) is 0.803. The van der Waals surface area contributed by atoms with Crippen molar-refractivity contribution in [1.82, 2.24) is 9.97 Å². The SMILES string of the molecule is COc1ccc2cc(NC(=O)c3sc(C)nc3C)cnc2c1. The molecule has 2 aromatic heterocycles. The summed E-state index contributed by atoms with van der Waals surface area (Å²) in [5.74, 6) is 0.602. The average Bonchev–Trinajstić information content (AvgIpc) is 2.85. The molecule has 0 bridgehead atoms. The summed E-state index contributed by atoms with van der Waals surface area (Å²) in [7, 11) is 1.62. The van der Waals surface area contributed by atoms with Gasteiger partial charge in [0.15, 0.2) is 0 Å². The standard InChI is InChI=1S/C16H15N3O2S/c1-9-15(22-10(2)18-9)16(20)19-12-6-11-4-5-13(21-3)7-14(11)17-8-12/h4-8H,1-3H3,(H,19,20). The van der Waals surface area contributed by atoms with Crippen molar-refractivity contribution in [2.45, 2.75) is 13.8 Å². The minimum absolute atomic E-state index is 0.155. The predicted molar refractivity (Wildman–Crippen MR) is 87.8 cm³/mol. The van der Waals surface area contributed by atoms with Gasteiger partial charge in [0.25, 0.3) is 5.91 Å². The Bertz CT molecular complexity index is 858. The number of hydrogen-bond donors (Lipinski definition) is 1. The molecule has 1 amide bonds. The van der Waals surface area contributed by atoms with E-state index in [9.17, 15) is 4.79 Å². The number of carbonyl (C=O) groups is 1. The van der Waals surface area contributed by atoms with Crippen molar-refractivity contribution in [3.63, 3.8) is 0 Å². The molecule has 0 fully saturated rings. The second-order valence-corrected chi connectivity index (χ2v) is 6.09. The van der Waals surface area contributed by atoms with Gasteiger partial charge in [0.2, 0.25) is 0 Å². The van der Waals surface area contributed by atoms with Crippen LogP contribution in [0, 0.1) is 13.8 Å². The molecule has 3 aromatic rings. The summed E-state index contributed by atoms with van der Waals surface area (Å²) in [5, 5.41) is 4.69. The molecule has 0 spiro atoms. The predicted octanol–water partition coefficient (Wildman–Crippen LogP) is 3.57. The first-order valence-corrected chi connectivity index (χ1v) is 7.57. The van der Waals surface area contributed by atoms with E-state index in [4.69, 9.17) is 4.74 Å². The Morgan fingerprint density at radius 3 is 2.77 bits per heavy atom. The molecular weight excluding hydrogens is 298 g/mol. The Hall–Kier alpha value is -2.47. The molecule has 0 aliphatic heterocycles. The number of hydrogen-bond acceptors (Lipinski definition) is 5. The average molecular weight is 313 g/mol. The topological polar surface area (TPSA) is 64.1 Å². The molecule has 5 nitrogen and oxygen atoms in total. The van der Waals surface area contributed by atoms with Gasteiger partial charge in [0.1, 0.15) is 10.6 Å². The zero-order valence-corrected chi connectivity index (χ0v) is 13.3. The Balaban J connectivity index is 1.87. The zero-order valence-electron chi connectivity index (χ0n) is 12.5. The number of fused-ring (bicyclic) bond motifs is 1. The smallest absolute Gasteiger partial charge is 0.267 e. The molecule has 0 atom stereocenters. The van der Waals surface area contributed by atoms with Crippen molar-refractivity contribution in [3.8, 4) is 5.75 Å². The lowest BCUT2D eigenvalue weighted by atomic mass is 10.2. The number of nitrogens with zero attached hydrogens (tertiary/aromatic N) is 2. The van der Waals surface area contributed by atoms with Crippen LogP contribution in [0.1, 0.15) is 20.4 Å². The summed E-state index contributed by atoms with van der Waals surface area (Å²) in [6.07, 6.45) is 1.64. The molecule has 0 radical (unpaired) electrons. The van der Waals surface area contributed by atoms with Gasteiger partial charge in [-0.05, 0) is 32.0 Å². The van der Waals surface area contributed by atoms with Crippen LogP contribution in [-0.2, 0) is 0 Å². The lowest BCUT2D eigenvalue weighted by Gasteiger charge is -2.06. The van der Waals surface area contributed by atoms with E-state index < -0.39 is 0 Å². The van der Waals surface area contributed by atoms with E-state index in [1.54, 1.807) is 13.3 Å². The van der Waals surface area contributed by atoms with Crippen LogP contribution in [-0.4, -0.2) is 23.0 Å². The second kappa shape index (κ2) is 5.73. The van der Waals surface area contributed by atoms with Gasteiger partial charge >= 0.3 is 0 Å². The van der Waals surface area contributed by atoms with Crippen LogP contribution in [0.5, 0.6) is 5.75 Å². The van der Waals surface area contributed by atoms with Crippen molar-refractivity contribution in [2.75, 3.05) is 12.4 Å². The minimum Gasteiger partial charge on any atom is -0.497 e. The van der Waals surface area contributed by atoms with E-state index in [2.05, 4.69) is 15.3 Å². The summed E-state index contributed by atoms with van der Waals surface area (Å²) >= 11 is 1.39. The van der Waals surface area contributed by atoms with Crippen molar-refractivity contribution in [3.05, 3.63) is 46.0 Å². The van der Waals surface area contributed by atoms with Crippen molar-refractivity contribution < 1.29 is 9.53 Å². The number of thiazole rings is 1. The Labute approximate surface area is 132 Å². The molecule has 0 saturated carbocycles. The number of benzene rings is 1. The van der Waals surface area contributed by atoms with E-state index in [1.165, 1.54) is 11.3 Å². The summed E-state index contributed by atoms with van der Waals surface area (Å²) in [5.41, 5.74) is 2.23. The van der Waals surface area contributed by atoms with Crippen molar-refractivity contribution >= 4 is 33.8 Å². The Morgan fingerprint density at radius 1 is 1.27 bits per heavy atom. The molecule has 6 heteroatoms. The summed E-state index contributed by atoms with van der Waals surface area (Å²) in [6, 6.07) is 7.53. The van der Waals surface area contributed by atoms with Gasteiger partial charge in [-0.25, -0.2) is 4.98 Å². The lowest BCUT2D eigenvalue weighted by Crippen LogP contribution is -2.11. The molecule has 22 heavy (non-hydrogen) atoms. The molecule has 1 aromatic carbocycles. The largest absolute Gasteiger partial charge is 0.497 e. The number of aryl methyl sites for hydroxylation is 2. The van der Waals surface area contributed by atoms with Gasteiger partial charge in [0, 0.05) is 11.5 Å². The number of pyridine rings is 1. The maximum Gasteiger partial charge on any atom is 0.267 e. The third-order valence-corrected chi connectivity index (χ3v) is 4.33. The lowest BCUT2D eigenvalue weighted by molar-refractivity contribution is 0.103. The first-order chi connectivity index (χ1) is 10.6. The highest BCUT2D eigenvalue weighted by atomic mass is 32.1. The second-order valence-electron chi connectivity index (χ2n) is 4.88. The number of aromatic nitrogens is 2. The molecule has 0 saturated heterocycles. The molecular formula is C16H15N3O2S. The van der Waals surface area contributed by atoms with E-state index in [-0.39, 0.29) is 5.91 Å².